The molecule has 4 fully saturated rings. The molecule has 0 aliphatic heterocycles. The van der Waals surface area contributed by atoms with Gasteiger partial charge in [-0.15, -0.1) is 0 Å². The smallest absolute Gasteiger partial charge is 0.139 e. The molecule has 2 nitrogen and oxygen atoms in total. The van der Waals surface area contributed by atoms with Crippen molar-refractivity contribution in [2.75, 3.05) is 11.9 Å². The first-order valence-corrected chi connectivity index (χ1v) is 15.7. The van der Waals surface area contributed by atoms with Crippen LogP contribution in [0.25, 0.3) is 10.8 Å². The molecule has 37 heavy (non-hydrogen) atoms. The predicted octanol–water partition coefficient (Wildman–Crippen LogP) is 9.45. The van der Waals surface area contributed by atoms with Gasteiger partial charge in [0.2, 0.25) is 0 Å². The Kier molecular flexibility index (Phi) is 6.56. The number of phenols is 1. The van der Waals surface area contributed by atoms with Gasteiger partial charge in [-0.05, 0) is 127 Å². The van der Waals surface area contributed by atoms with Crippen molar-refractivity contribution in [3.63, 3.8) is 0 Å². The molecule has 4 aliphatic rings. The van der Waals surface area contributed by atoms with E-state index in [1.807, 2.05) is 6.07 Å². The molecule has 9 atom stereocenters. The molecule has 4 saturated carbocycles. The van der Waals surface area contributed by atoms with Gasteiger partial charge in [-0.1, -0.05) is 64.8 Å². The molecule has 0 heterocycles. The third-order valence-electron chi connectivity index (χ3n) is 12.9. The normalized spacial score (nSPS) is 40.0. The van der Waals surface area contributed by atoms with Crippen LogP contribution in [0.2, 0.25) is 0 Å². The molecule has 1 unspecified atom stereocenters. The maximum Gasteiger partial charge on any atom is 0.139 e. The average Bonchev–Trinajstić information content (AvgIpc) is 3.25. The summed E-state index contributed by atoms with van der Waals surface area (Å²) in [5.74, 6) is 6.01. The van der Waals surface area contributed by atoms with Crippen molar-refractivity contribution in [3.8, 4) is 5.75 Å². The lowest BCUT2D eigenvalue weighted by Crippen LogP contribution is -2.55. The van der Waals surface area contributed by atoms with Crippen LogP contribution in [-0.4, -0.2) is 18.2 Å². The highest BCUT2D eigenvalue weighted by Gasteiger charge is 2.60. The lowest BCUT2D eigenvalue weighted by atomic mass is 9.44. The van der Waals surface area contributed by atoms with E-state index < -0.39 is 0 Å². The quantitative estimate of drug-likeness (QED) is 0.441. The number of phenolic OH excluding ortho intramolecular Hbond substituents is 1. The maximum atomic E-state index is 10.9. The Balaban J connectivity index is 1.19. The Bertz CT molecular complexity index is 1130. The topological polar surface area (TPSA) is 23.5 Å². The number of benzene rings is 2. The molecule has 2 aromatic carbocycles. The number of hydrogen-bond donors (Lipinski definition) is 1. The first-order chi connectivity index (χ1) is 17.8. The van der Waals surface area contributed by atoms with Crippen molar-refractivity contribution in [2.45, 2.75) is 104 Å². The Morgan fingerprint density at radius 1 is 0.919 bits per heavy atom. The van der Waals surface area contributed by atoms with Crippen LogP contribution >= 0.6 is 0 Å². The number of hydrogen-bond acceptors (Lipinski definition) is 2. The van der Waals surface area contributed by atoms with Crippen LogP contribution in [-0.2, 0) is 0 Å². The van der Waals surface area contributed by atoms with E-state index in [4.69, 9.17) is 0 Å². The minimum Gasteiger partial charge on any atom is -0.506 e. The molecule has 0 aromatic heterocycles. The molecular formula is C35H51NO. The second kappa shape index (κ2) is 9.49. The summed E-state index contributed by atoms with van der Waals surface area (Å²) < 4.78 is 0. The van der Waals surface area contributed by atoms with Gasteiger partial charge in [0.15, 0.2) is 0 Å². The standard InChI is InChI=1S/C35H51NO/c1-6-9-23(2)29-14-15-30-28-13-12-26-22-27(16-18-34(26,3)31(28)17-19-35(29,30)4)36(5)32-20-24-10-7-8-11-25(24)21-33(32)37/h7-8,10-11,20-21,23,26-31,37H,6,9,12-19,22H2,1-5H3/t23-,26?,27-,28+,29-,30+,31+,34+,35-/m1/s1. The van der Waals surface area contributed by atoms with E-state index in [0.717, 1.165) is 46.6 Å². The summed E-state index contributed by atoms with van der Waals surface area (Å²) in [6, 6.07) is 13.1. The number of aromatic hydroxyl groups is 1. The van der Waals surface area contributed by atoms with Crippen LogP contribution in [0, 0.1) is 46.3 Å². The van der Waals surface area contributed by atoms with Crippen molar-refractivity contribution in [1.29, 1.82) is 0 Å². The molecule has 2 aromatic rings. The van der Waals surface area contributed by atoms with E-state index in [1.54, 1.807) is 0 Å². The molecule has 0 radical (unpaired) electrons. The number of fused-ring (bicyclic) bond motifs is 6. The fourth-order valence-electron chi connectivity index (χ4n) is 10.9. The number of nitrogens with zero attached hydrogens (tertiary/aromatic N) is 1. The van der Waals surface area contributed by atoms with Crippen molar-refractivity contribution < 1.29 is 5.11 Å². The van der Waals surface area contributed by atoms with E-state index in [-0.39, 0.29) is 0 Å². The monoisotopic (exact) mass is 501 g/mol. The van der Waals surface area contributed by atoms with Gasteiger partial charge in [0.05, 0.1) is 5.69 Å². The molecule has 4 aliphatic carbocycles. The van der Waals surface area contributed by atoms with Crippen LogP contribution < -0.4 is 4.90 Å². The second-order valence-electron chi connectivity index (χ2n) is 14.4. The Hall–Kier alpha value is -1.70. The Morgan fingerprint density at radius 2 is 1.62 bits per heavy atom. The van der Waals surface area contributed by atoms with Crippen LogP contribution in [0.5, 0.6) is 5.75 Å². The fourth-order valence-corrected chi connectivity index (χ4v) is 10.9. The van der Waals surface area contributed by atoms with Gasteiger partial charge in [0.25, 0.3) is 0 Å². The summed E-state index contributed by atoms with van der Waals surface area (Å²) in [7, 11) is 2.23. The Morgan fingerprint density at radius 3 is 2.38 bits per heavy atom. The van der Waals surface area contributed by atoms with Crippen molar-refractivity contribution in [3.05, 3.63) is 36.4 Å². The number of rotatable bonds is 5. The van der Waals surface area contributed by atoms with E-state index in [2.05, 4.69) is 70.0 Å². The van der Waals surface area contributed by atoms with Gasteiger partial charge in [-0.3, -0.25) is 0 Å². The molecule has 1 N–H and O–H groups in total. The van der Waals surface area contributed by atoms with Gasteiger partial charge in [-0.2, -0.15) is 0 Å². The largest absolute Gasteiger partial charge is 0.506 e. The second-order valence-corrected chi connectivity index (χ2v) is 14.4. The lowest BCUT2D eigenvalue weighted by molar-refractivity contribution is -0.116. The SMILES string of the molecule is CCC[C@@H](C)[C@H]1CC[C@H]2[C@@H]3CCC4C[C@H](N(C)c5cc6ccccc6cc5O)CC[C@]4(C)[C@H]3CC[C@]12C. The van der Waals surface area contributed by atoms with Crippen molar-refractivity contribution >= 4 is 16.5 Å². The highest BCUT2D eigenvalue weighted by atomic mass is 16.3. The Labute approximate surface area is 226 Å². The van der Waals surface area contributed by atoms with Gasteiger partial charge in [-0.25, -0.2) is 0 Å². The predicted molar refractivity (Wildman–Crippen MR) is 157 cm³/mol. The van der Waals surface area contributed by atoms with Gasteiger partial charge < -0.3 is 10.0 Å². The molecule has 0 amide bonds. The summed E-state index contributed by atoms with van der Waals surface area (Å²) >= 11 is 0. The molecule has 6 rings (SSSR count). The highest BCUT2D eigenvalue weighted by molar-refractivity contribution is 5.88. The number of anilines is 1. The lowest BCUT2D eigenvalue weighted by Gasteiger charge is -2.62. The summed E-state index contributed by atoms with van der Waals surface area (Å²) in [5, 5.41) is 13.2. The summed E-state index contributed by atoms with van der Waals surface area (Å²) in [4.78, 5) is 2.42. The van der Waals surface area contributed by atoms with Gasteiger partial charge in [0, 0.05) is 13.1 Å². The zero-order valence-electron chi connectivity index (χ0n) is 24.2. The molecular weight excluding hydrogens is 450 g/mol. The first kappa shape index (κ1) is 25.6. The zero-order valence-corrected chi connectivity index (χ0v) is 24.2. The average molecular weight is 502 g/mol. The first-order valence-electron chi connectivity index (χ1n) is 15.7. The molecule has 0 saturated heterocycles. The van der Waals surface area contributed by atoms with Crippen molar-refractivity contribution in [1.82, 2.24) is 0 Å². The third-order valence-corrected chi connectivity index (χ3v) is 12.9. The molecule has 202 valence electrons. The van der Waals surface area contributed by atoms with Crippen LogP contribution in [0.1, 0.15) is 98.3 Å². The highest BCUT2D eigenvalue weighted by Crippen LogP contribution is 2.68. The van der Waals surface area contributed by atoms with E-state index in [9.17, 15) is 5.11 Å². The third kappa shape index (κ3) is 4.02. The van der Waals surface area contributed by atoms with Crippen LogP contribution in [0.3, 0.4) is 0 Å². The molecule has 0 spiro atoms. The zero-order chi connectivity index (χ0) is 25.9. The minimum atomic E-state index is 0.429. The van der Waals surface area contributed by atoms with Gasteiger partial charge in [0.1, 0.15) is 5.75 Å². The molecule has 2 heteroatoms. The summed E-state index contributed by atoms with van der Waals surface area (Å²) in [6.45, 7) is 10.4. The van der Waals surface area contributed by atoms with Gasteiger partial charge >= 0.3 is 0 Å². The minimum absolute atomic E-state index is 0.429. The summed E-state index contributed by atoms with van der Waals surface area (Å²) in [6.07, 6.45) is 15.5. The molecule has 0 bridgehead atoms. The maximum absolute atomic E-state index is 10.9. The van der Waals surface area contributed by atoms with E-state index in [0.29, 0.717) is 22.6 Å². The van der Waals surface area contributed by atoms with Crippen LogP contribution in [0.4, 0.5) is 5.69 Å². The summed E-state index contributed by atoms with van der Waals surface area (Å²) in [5.41, 5.74) is 2.12. The fraction of sp³-hybridized carbons (Fsp3) is 0.714. The van der Waals surface area contributed by atoms with Crippen molar-refractivity contribution in [2.24, 2.45) is 46.3 Å². The van der Waals surface area contributed by atoms with E-state index >= 15 is 0 Å². The van der Waals surface area contributed by atoms with Crippen LogP contribution in [0.15, 0.2) is 36.4 Å². The van der Waals surface area contributed by atoms with E-state index in [1.165, 1.54) is 76.0 Å².